The molecule has 31 heavy (non-hydrogen) atoms. The molecule has 0 bridgehead atoms. The largest absolute Gasteiger partial charge is 0.462 e. The number of hydrogen-bond acceptors (Lipinski definition) is 5. The van der Waals surface area contributed by atoms with Gasteiger partial charge in [0.2, 0.25) is 0 Å². The Labute approximate surface area is 192 Å². The molecule has 1 aliphatic rings. The number of rotatable bonds is 6. The van der Waals surface area contributed by atoms with Crippen LogP contribution in [0.5, 0.6) is 0 Å². The zero-order chi connectivity index (χ0) is 21.6. The van der Waals surface area contributed by atoms with Gasteiger partial charge in [0, 0.05) is 35.8 Å². The highest BCUT2D eigenvalue weighted by Crippen LogP contribution is 2.38. The van der Waals surface area contributed by atoms with Crippen LogP contribution in [0.2, 0.25) is 0 Å². The summed E-state index contributed by atoms with van der Waals surface area (Å²) in [6.07, 6.45) is 0.903. The lowest BCUT2D eigenvalue weighted by molar-refractivity contribution is 0.0533. The van der Waals surface area contributed by atoms with E-state index in [4.69, 9.17) is 17.0 Å². The van der Waals surface area contributed by atoms with Gasteiger partial charge in [-0.1, -0.05) is 48.5 Å². The molecule has 0 saturated carbocycles. The van der Waals surface area contributed by atoms with Gasteiger partial charge in [-0.2, -0.15) is 0 Å². The van der Waals surface area contributed by atoms with Crippen LogP contribution in [0.4, 0.5) is 11.4 Å². The number of thiophene rings is 1. The van der Waals surface area contributed by atoms with E-state index in [0.29, 0.717) is 16.6 Å². The van der Waals surface area contributed by atoms with E-state index in [1.807, 2.05) is 43.3 Å². The lowest BCUT2D eigenvalue weighted by atomic mass is 10.1. The van der Waals surface area contributed by atoms with Gasteiger partial charge >= 0.3 is 5.97 Å². The summed E-state index contributed by atoms with van der Waals surface area (Å²) >= 11 is 7.07. The van der Waals surface area contributed by atoms with E-state index >= 15 is 0 Å². The van der Waals surface area contributed by atoms with Crippen LogP contribution in [-0.2, 0) is 24.2 Å². The van der Waals surface area contributed by atoms with Crippen LogP contribution >= 0.6 is 23.6 Å². The quantitative estimate of drug-likeness (QED) is 0.392. The summed E-state index contributed by atoms with van der Waals surface area (Å²) in [4.78, 5) is 16.9. The van der Waals surface area contributed by atoms with Crippen molar-refractivity contribution >= 4 is 46.0 Å². The molecule has 4 rings (SSSR count). The molecule has 0 aliphatic carbocycles. The molecule has 160 valence electrons. The van der Waals surface area contributed by atoms with Crippen LogP contribution in [-0.4, -0.2) is 29.1 Å². The number of benzene rings is 2. The fourth-order valence-corrected chi connectivity index (χ4v) is 5.06. The summed E-state index contributed by atoms with van der Waals surface area (Å²) in [5, 5.41) is 6.95. The summed E-state index contributed by atoms with van der Waals surface area (Å²) in [5.74, 6) is -0.304. The summed E-state index contributed by atoms with van der Waals surface area (Å²) in [5.41, 5.74) is 4.08. The smallest absolute Gasteiger partial charge is 0.350 e. The molecule has 0 saturated heterocycles. The first-order chi connectivity index (χ1) is 15.1. The van der Waals surface area contributed by atoms with Gasteiger partial charge in [0.15, 0.2) is 5.11 Å². The van der Waals surface area contributed by atoms with Crippen molar-refractivity contribution in [2.75, 3.05) is 23.8 Å². The van der Waals surface area contributed by atoms with Gasteiger partial charge in [-0.05, 0) is 43.3 Å². The molecule has 3 aromatic rings. The third-order valence-electron chi connectivity index (χ3n) is 5.11. The molecule has 7 heteroatoms. The standard InChI is InChI=1S/C24H25N3O2S2/c1-2-29-23(28)22-21(26-24(30)25-18-11-7-4-8-12-18)19-16-27(14-13-20(19)31-22)15-17-9-5-3-6-10-17/h3-12H,2,13-16H2,1H3,(H2,25,26,30). The first-order valence-electron chi connectivity index (χ1n) is 10.3. The van der Waals surface area contributed by atoms with E-state index in [0.717, 1.165) is 43.0 Å². The minimum Gasteiger partial charge on any atom is -0.462 e. The molecule has 0 radical (unpaired) electrons. The third kappa shape index (κ3) is 5.31. The van der Waals surface area contributed by atoms with Crippen molar-refractivity contribution in [1.82, 2.24) is 4.90 Å². The van der Waals surface area contributed by atoms with Gasteiger partial charge in [0.05, 0.1) is 12.3 Å². The zero-order valence-electron chi connectivity index (χ0n) is 17.4. The van der Waals surface area contributed by atoms with Crippen LogP contribution in [0.1, 0.15) is 32.6 Å². The van der Waals surface area contributed by atoms with Crippen molar-refractivity contribution in [3.05, 3.63) is 81.5 Å². The molecule has 2 aromatic carbocycles. The van der Waals surface area contributed by atoms with Crippen LogP contribution < -0.4 is 10.6 Å². The second kappa shape index (κ2) is 10.0. The number of fused-ring (bicyclic) bond motifs is 1. The Morgan fingerprint density at radius 2 is 1.81 bits per heavy atom. The minimum atomic E-state index is -0.304. The molecule has 0 unspecified atom stereocenters. The number of carbonyl (C=O) groups excluding carboxylic acids is 1. The Morgan fingerprint density at radius 3 is 2.52 bits per heavy atom. The monoisotopic (exact) mass is 451 g/mol. The Kier molecular flexibility index (Phi) is 6.96. The van der Waals surface area contributed by atoms with Crippen molar-refractivity contribution < 1.29 is 9.53 Å². The molecule has 0 atom stereocenters. The van der Waals surface area contributed by atoms with Crippen molar-refractivity contribution in [3.8, 4) is 0 Å². The average molecular weight is 452 g/mol. The van der Waals surface area contributed by atoms with Crippen LogP contribution in [0.3, 0.4) is 0 Å². The Hall–Kier alpha value is -2.74. The second-order valence-corrected chi connectivity index (χ2v) is 8.83. The number of esters is 1. The maximum Gasteiger partial charge on any atom is 0.350 e. The van der Waals surface area contributed by atoms with Gasteiger partial charge in [0.1, 0.15) is 4.88 Å². The highest BCUT2D eigenvalue weighted by Gasteiger charge is 2.28. The van der Waals surface area contributed by atoms with Gasteiger partial charge in [-0.15, -0.1) is 11.3 Å². The fraction of sp³-hybridized carbons (Fsp3) is 0.250. The number of para-hydroxylation sites is 1. The Bertz CT molecular complexity index is 1050. The molecule has 2 N–H and O–H groups in total. The topological polar surface area (TPSA) is 53.6 Å². The summed E-state index contributed by atoms with van der Waals surface area (Å²) in [6.45, 7) is 4.75. The molecule has 0 spiro atoms. The van der Waals surface area contributed by atoms with Crippen LogP contribution in [0.15, 0.2) is 60.7 Å². The minimum absolute atomic E-state index is 0.304. The van der Waals surface area contributed by atoms with E-state index in [-0.39, 0.29) is 5.97 Å². The molecule has 1 aromatic heterocycles. The number of nitrogens with zero attached hydrogens (tertiary/aromatic N) is 1. The van der Waals surface area contributed by atoms with E-state index in [1.165, 1.54) is 21.8 Å². The number of ether oxygens (including phenoxy) is 1. The number of thiocarbonyl (C=S) groups is 1. The molecule has 1 aliphatic heterocycles. The maximum atomic E-state index is 12.7. The van der Waals surface area contributed by atoms with E-state index in [1.54, 1.807) is 0 Å². The molecular formula is C24H25N3O2S2. The molecular weight excluding hydrogens is 426 g/mol. The maximum absolute atomic E-state index is 12.7. The number of carbonyl (C=O) groups is 1. The highest BCUT2D eigenvalue weighted by molar-refractivity contribution is 7.80. The van der Waals surface area contributed by atoms with E-state index < -0.39 is 0 Å². The first-order valence-corrected chi connectivity index (χ1v) is 11.6. The number of hydrogen-bond donors (Lipinski definition) is 2. The highest BCUT2D eigenvalue weighted by atomic mass is 32.1. The average Bonchev–Trinajstić information content (AvgIpc) is 3.13. The third-order valence-corrected chi connectivity index (χ3v) is 6.58. The van der Waals surface area contributed by atoms with Crippen LogP contribution in [0.25, 0.3) is 0 Å². The Balaban J connectivity index is 1.57. The number of nitrogens with one attached hydrogen (secondary N) is 2. The number of anilines is 2. The zero-order valence-corrected chi connectivity index (χ0v) is 19.0. The lowest BCUT2D eigenvalue weighted by Crippen LogP contribution is -2.30. The van der Waals surface area contributed by atoms with Gasteiger partial charge in [-0.25, -0.2) is 4.79 Å². The Morgan fingerprint density at radius 1 is 1.10 bits per heavy atom. The molecule has 2 heterocycles. The van der Waals surface area contributed by atoms with Gasteiger partial charge in [0.25, 0.3) is 0 Å². The van der Waals surface area contributed by atoms with Gasteiger partial charge < -0.3 is 15.4 Å². The summed E-state index contributed by atoms with van der Waals surface area (Å²) in [6, 6.07) is 20.2. The first kappa shape index (κ1) is 21.5. The van der Waals surface area contributed by atoms with Crippen molar-refractivity contribution in [3.63, 3.8) is 0 Å². The van der Waals surface area contributed by atoms with Gasteiger partial charge in [-0.3, -0.25) is 4.90 Å². The summed E-state index contributed by atoms with van der Waals surface area (Å²) in [7, 11) is 0. The van der Waals surface area contributed by atoms with Crippen LogP contribution in [0, 0.1) is 0 Å². The van der Waals surface area contributed by atoms with E-state index in [9.17, 15) is 4.79 Å². The predicted octanol–water partition coefficient (Wildman–Crippen LogP) is 5.29. The fourth-order valence-electron chi connectivity index (χ4n) is 3.69. The van der Waals surface area contributed by atoms with Crippen molar-refractivity contribution in [1.29, 1.82) is 0 Å². The SMILES string of the molecule is CCOC(=O)c1sc2c(c1NC(=S)Nc1ccccc1)CN(Cc1ccccc1)CC2. The summed E-state index contributed by atoms with van der Waals surface area (Å²) < 4.78 is 5.32. The predicted molar refractivity (Wildman–Crippen MR) is 131 cm³/mol. The molecule has 0 fully saturated rings. The van der Waals surface area contributed by atoms with E-state index in [2.05, 4.69) is 39.8 Å². The second-order valence-electron chi connectivity index (χ2n) is 7.32. The lowest BCUT2D eigenvalue weighted by Gasteiger charge is -2.27. The van der Waals surface area contributed by atoms with Crippen molar-refractivity contribution in [2.24, 2.45) is 0 Å². The normalized spacial score (nSPS) is 13.3. The van der Waals surface area contributed by atoms with Crippen molar-refractivity contribution in [2.45, 2.75) is 26.4 Å². The molecule has 0 amide bonds. The molecule has 5 nitrogen and oxygen atoms in total.